The fourth-order valence-corrected chi connectivity index (χ4v) is 1.54. The molecule has 96 valence electrons. The van der Waals surface area contributed by atoms with E-state index >= 15 is 0 Å². The van der Waals surface area contributed by atoms with Crippen LogP contribution in [0.3, 0.4) is 0 Å². The number of hydrogen-bond donors (Lipinski definition) is 0. The van der Waals surface area contributed by atoms with Crippen molar-refractivity contribution >= 4 is 22.7 Å². The summed E-state index contributed by atoms with van der Waals surface area (Å²) in [5.74, 6) is -0.175. The fourth-order valence-electron chi connectivity index (χ4n) is 1.37. The molecule has 0 amide bonds. The molecule has 0 spiro atoms. The minimum absolute atomic E-state index is 0.0997. The highest BCUT2D eigenvalue weighted by molar-refractivity contribution is 6.67. The van der Waals surface area contributed by atoms with E-state index in [4.69, 9.17) is 16.3 Å². The third kappa shape index (κ3) is 3.67. The third-order valence-corrected chi connectivity index (χ3v) is 2.43. The zero-order valence-electron chi connectivity index (χ0n) is 10.1. The fraction of sp³-hybridized carbons (Fsp3) is 0.231. The molecule has 0 radical (unpaired) electrons. The van der Waals surface area contributed by atoms with E-state index in [-0.39, 0.29) is 17.7 Å². The quantitative estimate of drug-likeness (QED) is 0.478. The van der Waals surface area contributed by atoms with Gasteiger partial charge in [-0.05, 0) is 36.7 Å². The molecule has 3 nitrogen and oxygen atoms in total. The number of rotatable bonds is 4. The van der Waals surface area contributed by atoms with Crippen LogP contribution in [0.4, 0.5) is 4.39 Å². The Morgan fingerprint density at radius 3 is 2.83 bits per heavy atom. The van der Waals surface area contributed by atoms with Crippen LogP contribution in [0.25, 0.3) is 0 Å². The number of carbonyl (C=O) groups is 1. The van der Waals surface area contributed by atoms with Crippen LogP contribution >= 0.6 is 11.6 Å². The summed E-state index contributed by atoms with van der Waals surface area (Å²) in [5.41, 5.74) is 0.232. The van der Waals surface area contributed by atoms with E-state index in [0.29, 0.717) is 5.90 Å². The summed E-state index contributed by atoms with van der Waals surface area (Å²) in [6, 6.07) is 4.13. The Bertz CT molecular complexity index is 498. The van der Waals surface area contributed by atoms with E-state index in [2.05, 4.69) is 4.99 Å². The smallest absolute Gasteiger partial charge is 0.252 e. The first-order valence-corrected chi connectivity index (χ1v) is 5.67. The Morgan fingerprint density at radius 2 is 2.28 bits per heavy atom. The van der Waals surface area contributed by atoms with E-state index in [9.17, 15) is 9.18 Å². The van der Waals surface area contributed by atoms with Crippen molar-refractivity contribution in [3.8, 4) is 0 Å². The standard InChI is InChI=1S/C13H13ClFNO2/c1-3-5-12(16-2)18-8-10-9(13(14)17)6-4-7-11(10)15/h3-7H,8H2,1-2H3/b5-3-,16-12?. The van der Waals surface area contributed by atoms with Gasteiger partial charge in [0.25, 0.3) is 5.24 Å². The summed E-state index contributed by atoms with van der Waals surface area (Å²) >= 11 is 5.39. The lowest BCUT2D eigenvalue weighted by molar-refractivity contribution is 0.107. The molecule has 0 atom stereocenters. The van der Waals surface area contributed by atoms with Gasteiger partial charge in [0.05, 0.1) is 0 Å². The van der Waals surface area contributed by atoms with Gasteiger partial charge in [0.2, 0.25) is 5.90 Å². The number of nitrogens with zero attached hydrogens (tertiary/aromatic N) is 1. The van der Waals surface area contributed by atoms with Gasteiger partial charge < -0.3 is 4.74 Å². The highest BCUT2D eigenvalue weighted by Crippen LogP contribution is 2.17. The Labute approximate surface area is 110 Å². The zero-order chi connectivity index (χ0) is 13.5. The summed E-state index contributed by atoms with van der Waals surface area (Å²) in [5, 5.41) is -0.714. The van der Waals surface area contributed by atoms with Crippen LogP contribution in [0.1, 0.15) is 22.8 Å². The van der Waals surface area contributed by atoms with Crippen molar-refractivity contribution in [2.75, 3.05) is 7.05 Å². The molecule has 0 bridgehead atoms. The van der Waals surface area contributed by atoms with Crippen molar-refractivity contribution in [2.24, 2.45) is 4.99 Å². The van der Waals surface area contributed by atoms with Crippen molar-refractivity contribution < 1.29 is 13.9 Å². The molecule has 0 fully saturated rings. The largest absolute Gasteiger partial charge is 0.473 e. The van der Waals surface area contributed by atoms with Crippen molar-refractivity contribution in [3.05, 3.63) is 47.3 Å². The topological polar surface area (TPSA) is 38.7 Å². The van der Waals surface area contributed by atoms with E-state index in [1.54, 1.807) is 19.2 Å². The van der Waals surface area contributed by atoms with Crippen LogP contribution in [0.15, 0.2) is 35.3 Å². The zero-order valence-corrected chi connectivity index (χ0v) is 10.9. The molecule has 18 heavy (non-hydrogen) atoms. The lowest BCUT2D eigenvalue weighted by Crippen LogP contribution is -2.07. The van der Waals surface area contributed by atoms with Gasteiger partial charge in [0.1, 0.15) is 12.4 Å². The maximum atomic E-state index is 13.6. The molecule has 0 unspecified atom stereocenters. The summed E-state index contributed by atoms with van der Waals surface area (Å²) in [6.07, 6.45) is 3.39. The van der Waals surface area contributed by atoms with Crippen LogP contribution in [-0.2, 0) is 11.3 Å². The van der Waals surface area contributed by atoms with Gasteiger partial charge in [0.15, 0.2) is 0 Å². The number of allylic oxidation sites excluding steroid dienone is 1. The normalized spacial score (nSPS) is 11.9. The first-order chi connectivity index (χ1) is 8.60. The van der Waals surface area contributed by atoms with Gasteiger partial charge in [0, 0.05) is 18.2 Å². The molecule has 1 aromatic carbocycles. The van der Waals surface area contributed by atoms with Crippen LogP contribution in [-0.4, -0.2) is 18.2 Å². The maximum absolute atomic E-state index is 13.6. The van der Waals surface area contributed by atoms with Gasteiger partial charge >= 0.3 is 0 Å². The highest BCUT2D eigenvalue weighted by Gasteiger charge is 2.14. The summed E-state index contributed by atoms with van der Waals surface area (Å²) in [7, 11) is 1.56. The van der Waals surface area contributed by atoms with Gasteiger partial charge in [-0.3, -0.25) is 9.79 Å². The number of hydrogen-bond acceptors (Lipinski definition) is 3. The van der Waals surface area contributed by atoms with Crippen molar-refractivity contribution in [2.45, 2.75) is 13.5 Å². The van der Waals surface area contributed by atoms with Gasteiger partial charge in [-0.1, -0.05) is 12.1 Å². The number of aliphatic imine (C=N–C) groups is 1. The number of benzene rings is 1. The molecule has 5 heteroatoms. The first-order valence-electron chi connectivity index (χ1n) is 5.29. The Morgan fingerprint density at radius 1 is 1.56 bits per heavy atom. The first kappa shape index (κ1) is 14.4. The molecule has 0 heterocycles. The summed E-state index contributed by atoms with van der Waals surface area (Å²) in [6.45, 7) is 1.71. The van der Waals surface area contributed by atoms with E-state index in [1.165, 1.54) is 18.2 Å². The van der Waals surface area contributed by atoms with E-state index in [1.807, 2.05) is 6.92 Å². The number of halogens is 2. The minimum atomic E-state index is -0.714. The second-order valence-corrected chi connectivity index (χ2v) is 3.73. The lowest BCUT2D eigenvalue weighted by Gasteiger charge is -2.09. The van der Waals surface area contributed by atoms with E-state index < -0.39 is 11.1 Å². The molecule has 1 rings (SSSR count). The molecule has 0 N–H and O–H groups in total. The van der Waals surface area contributed by atoms with Gasteiger partial charge in [-0.15, -0.1) is 0 Å². The molecule has 1 aromatic rings. The monoisotopic (exact) mass is 269 g/mol. The molecule has 0 aromatic heterocycles. The number of carbonyl (C=O) groups excluding carboxylic acids is 1. The second-order valence-electron chi connectivity index (χ2n) is 3.39. The van der Waals surface area contributed by atoms with Crippen LogP contribution in [0, 0.1) is 5.82 Å². The van der Waals surface area contributed by atoms with Crippen LogP contribution in [0.2, 0.25) is 0 Å². The molecule has 0 saturated carbocycles. The molecule has 0 saturated heterocycles. The van der Waals surface area contributed by atoms with E-state index in [0.717, 1.165) is 0 Å². The van der Waals surface area contributed by atoms with Gasteiger partial charge in [-0.2, -0.15) is 0 Å². The average molecular weight is 270 g/mol. The van der Waals surface area contributed by atoms with Crippen molar-refractivity contribution in [3.63, 3.8) is 0 Å². The second kappa shape index (κ2) is 6.91. The predicted molar refractivity (Wildman–Crippen MR) is 69.5 cm³/mol. The van der Waals surface area contributed by atoms with Crippen LogP contribution < -0.4 is 0 Å². The Balaban J connectivity index is 2.94. The highest BCUT2D eigenvalue weighted by atomic mass is 35.5. The third-order valence-electron chi connectivity index (χ3n) is 2.22. The van der Waals surface area contributed by atoms with Crippen molar-refractivity contribution in [1.29, 1.82) is 0 Å². The van der Waals surface area contributed by atoms with Gasteiger partial charge in [-0.25, -0.2) is 4.39 Å². The molecule has 0 aliphatic heterocycles. The molecule has 0 aliphatic rings. The van der Waals surface area contributed by atoms with Crippen LogP contribution in [0.5, 0.6) is 0 Å². The number of ether oxygens (including phenoxy) is 1. The lowest BCUT2D eigenvalue weighted by atomic mass is 10.1. The summed E-state index contributed by atoms with van der Waals surface area (Å²) in [4.78, 5) is 15.0. The predicted octanol–water partition coefficient (Wildman–Crippen LogP) is 3.33. The molecule has 0 aliphatic carbocycles. The Kier molecular flexibility index (Phi) is 5.52. The molecular formula is C13H13ClFNO2. The maximum Gasteiger partial charge on any atom is 0.252 e. The molecular weight excluding hydrogens is 257 g/mol. The summed E-state index contributed by atoms with van der Waals surface area (Å²) < 4.78 is 18.9. The minimum Gasteiger partial charge on any atom is -0.473 e. The SMILES string of the molecule is C/C=C\C(=NC)OCc1c(F)cccc1C(=O)Cl. The van der Waals surface area contributed by atoms with Crippen molar-refractivity contribution in [1.82, 2.24) is 0 Å². The Hall–Kier alpha value is -1.68. The average Bonchev–Trinajstić information content (AvgIpc) is 2.35.